The Morgan fingerprint density at radius 2 is 1.59 bits per heavy atom. The number of pyridine rings is 1. The van der Waals surface area contributed by atoms with Gasteiger partial charge in [-0.1, -0.05) is 48.5 Å². The van der Waals surface area contributed by atoms with E-state index in [1.54, 1.807) is 7.11 Å². The first-order valence-corrected chi connectivity index (χ1v) is 10.4. The first kappa shape index (κ1) is 19.5. The number of methoxy groups -OCH3 is 1. The fourth-order valence-electron chi connectivity index (χ4n) is 4.17. The molecule has 0 radical (unpaired) electrons. The van der Waals surface area contributed by atoms with Crippen LogP contribution in [0.5, 0.6) is 5.75 Å². The minimum Gasteiger partial charge on any atom is -0.495 e. The summed E-state index contributed by atoms with van der Waals surface area (Å²) in [7, 11) is 1.75. The number of hydrogen-bond acceptors (Lipinski definition) is 4. The highest BCUT2D eigenvalue weighted by Crippen LogP contribution is 2.29. The Labute approximate surface area is 173 Å². The zero-order chi connectivity index (χ0) is 19.9. The molecule has 1 aliphatic rings. The van der Waals surface area contributed by atoms with Crippen molar-refractivity contribution in [2.45, 2.75) is 12.3 Å². The van der Waals surface area contributed by atoms with E-state index >= 15 is 0 Å². The summed E-state index contributed by atoms with van der Waals surface area (Å²) < 4.78 is 5.54. The van der Waals surface area contributed by atoms with Gasteiger partial charge in [-0.25, -0.2) is 0 Å². The van der Waals surface area contributed by atoms with Crippen LogP contribution < -0.4 is 9.64 Å². The largest absolute Gasteiger partial charge is 0.495 e. The number of para-hydroxylation sites is 2. The monoisotopic (exact) mass is 387 g/mol. The van der Waals surface area contributed by atoms with Gasteiger partial charge in [-0.3, -0.25) is 9.88 Å². The maximum Gasteiger partial charge on any atom is 0.142 e. The number of piperazine rings is 1. The Morgan fingerprint density at radius 1 is 0.862 bits per heavy atom. The Kier molecular flexibility index (Phi) is 6.42. The fourth-order valence-corrected chi connectivity index (χ4v) is 4.17. The van der Waals surface area contributed by atoms with Gasteiger partial charge in [0.1, 0.15) is 5.75 Å². The van der Waals surface area contributed by atoms with Gasteiger partial charge >= 0.3 is 0 Å². The topological polar surface area (TPSA) is 28.6 Å². The summed E-state index contributed by atoms with van der Waals surface area (Å²) in [5.74, 6) is 1.30. The molecule has 0 N–H and O–H groups in total. The van der Waals surface area contributed by atoms with E-state index in [1.807, 2.05) is 24.4 Å². The molecule has 0 bridgehead atoms. The van der Waals surface area contributed by atoms with Crippen molar-refractivity contribution >= 4 is 5.69 Å². The average molecular weight is 388 g/mol. The first-order valence-electron chi connectivity index (χ1n) is 10.4. The molecule has 0 spiro atoms. The summed E-state index contributed by atoms with van der Waals surface area (Å²) in [5.41, 5.74) is 3.70. The SMILES string of the molecule is COc1ccccc1N1CCN(CCC(c2ccccc2)c2ccccn2)CC1. The lowest BCUT2D eigenvalue weighted by Gasteiger charge is -2.37. The van der Waals surface area contributed by atoms with Crippen LogP contribution in [0.15, 0.2) is 79.0 Å². The summed E-state index contributed by atoms with van der Waals surface area (Å²) in [4.78, 5) is 9.66. The highest BCUT2D eigenvalue weighted by molar-refractivity contribution is 5.58. The standard InChI is InChI=1S/C25H29N3O/c1-29-25-13-6-5-12-24(25)28-19-17-27(18-20-28)16-14-22(21-9-3-2-4-10-21)23-11-7-8-15-26-23/h2-13,15,22H,14,16-20H2,1H3. The molecule has 4 heteroatoms. The van der Waals surface area contributed by atoms with Crippen molar-refractivity contribution in [3.8, 4) is 5.75 Å². The van der Waals surface area contributed by atoms with Gasteiger partial charge in [0, 0.05) is 44.0 Å². The van der Waals surface area contributed by atoms with Crippen molar-refractivity contribution < 1.29 is 4.74 Å². The van der Waals surface area contributed by atoms with Gasteiger partial charge in [0.25, 0.3) is 0 Å². The van der Waals surface area contributed by atoms with Crippen LogP contribution in [-0.4, -0.2) is 49.7 Å². The number of rotatable bonds is 7. The number of benzene rings is 2. The van der Waals surface area contributed by atoms with Gasteiger partial charge in [-0.2, -0.15) is 0 Å². The van der Waals surface area contributed by atoms with Crippen LogP contribution in [0, 0.1) is 0 Å². The lowest BCUT2D eigenvalue weighted by molar-refractivity contribution is 0.250. The normalized spacial score (nSPS) is 15.8. The molecule has 1 saturated heterocycles. The molecule has 1 aliphatic heterocycles. The number of nitrogens with zero attached hydrogens (tertiary/aromatic N) is 3. The van der Waals surface area contributed by atoms with E-state index in [4.69, 9.17) is 4.74 Å². The highest BCUT2D eigenvalue weighted by atomic mass is 16.5. The van der Waals surface area contributed by atoms with Crippen molar-refractivity contribution in [2.24, 2.45) is 0 Å². The molecule has 150 valence electrons. The van der Waals surface area contributed by atoms with Crippen LogP contribution in [-0.2, 0) is 0 Å². The molecule has 1 fully saturated rings. The van der Waals surface area contributed by atoms with E-state index < -0.39 is 0 Å². The van der Waals surface area contributed by atoms with E-state index in [2.05, 4.69) is 69.4 Å². The Hall–Kier alpha value is -2.85. The van der Waals surface area contributed by atoms with Crippen LogP contribution in [0.1, 0.15) is 23.6 Å². The third-order valence-corrected chi connectivity index (χ3v) is 5.78. The molecule has 3 aromatic rings. The van der Waals surface area contributed by atoms with Crippen molar-refractivity contribution in [1.82, 2.24) is 9.88 Å². The minimum absolute atomic E-state index is 0.338. The van der Waals surface area contributed by atoms with Crippen LogP contribution in [0.3, 0.4) is 0 Å². The molecule has 0 aliphatic carbocycles. The molecule has 29 heavy (non-hydrogen) atoms. The lowest BCUT2D eigenvalue weighted by atomic mass is 9.91. The third kappa shape index (κ3) is 4.77. The minimum atomic E-state index is 0.338. The molecule has 2 aromatic carbocycles. The summed E-state index contributed by atoms with van der Waals surface area (Å²) in [6, 6.07) is 25.3. The van der Waals surface area contributed by atoms with E-state index in [9.17, 15) is 0 Å². The molecule has 0 saturated carbocycles. The lowest BCUT2D eigenvalue weighted by Crippen LogP contribution is -2.47. The van der Waals surface area contributed by atoms with E-state index in [0.29, 0.717) is 5.92 Å². The second-order valence-electron chi connectivity index (χ2n) is 7.51. The van der Waals surface area contributed by atoms with Gasteiger partial charge in [0.2, 0.25) is 0 Å². The number of anilines is 1. The summed E-state index contributed by atoms with van der Waals surface area (Å²) in [6.45, 7) is 5.28. The number of ether oxygens (including phenoxy) is 1. The van der Waals surface area contributed by atoms with Crippen LogP contribution in [0.25, 0.3) is 0 Å². The van der Waals surface area contributed by atoms with Gasteiger partial charge in [0.05, 0.1) is 12.8 Å². The number of hydrogen-bond donors (Lipinski definition) is 0. The van der Waals surface area contributed by atoms with Crippen molar-refractivity contribution in [3.63, 3.8) is 0 Å². The molecule has 0 amide bonds. The highest BCUT2D eigenvalue weighted by Gasteiger charge is 2.21. The summed E-state index contributed by atoms with van der Waals surface area (Å²) in [5, 5.41) is 0. The Morgan fingerprint density at radius 3 is 2.31 bits per heavy atom. The molecule has 4 nitrogen and oxygen atoms in total. The summed E-state index contributed by atoms with van der Waals surface area (Å²) in [6.07, 6.45) is 2.98. The van der Waals surface area contributed by atoms with Gasteiger partial charge in [-0.15, -0.1) is 0 Å². The molecular formula is C25H29N3O. The molecule has 1 aromatic heterocycles. The fraction of sp³-hybridized carbons (Fsp3) is 0.320. The average Bonchev–Trinajstić information content (AvgIpc) is 2.81. The Balaban J connectivity index is 1.38. The zero-order valence-electron chi connectivity index (χ0n) is 17.1. The molecule has 1 atom stereocenters. The molecule has 4 rings (SSSR count). The third-order valence-electron chi connectivity index (χ3n) is 5.78. The molecule has 2 heterocycles. The summed E-state index contributed by atoms with van der Waals surface area (Å²) >= 11 is 0. The van der Waals surface area contributed by atoms with Crippen molar-refractivity contribution in [1.29, 1.82) is 0 Å². The second-order valence-corrected chi connectivity index (χ2v) is 7.51. The van der Waals surface area contributed by atoms with Crippen molar-refractivity contribution in [2.75, 3.05) is 44.7 Å². The van der Waals surface area contributed by atoms with E-state index in [1.165, 1.54) is 11.3 Å². The number of aromatic nitrogens is 1. The maximum atomic E-state index is 5.54. The van der Waals surface area contributed by atoms with Crippen LogP contribution in [0.2, 0.25) is 0 Å². The quantitative estimate of drug-likeness (QED) is 0.599. The van der Waals surface area contributed by atoms with E-state index in [-0.39, 0.29) is 0 Å². The predicted octanol–water partition coefficient (Wildman–Crippen LogP) is 4.43. The second kappa shape index (κ2) is 9.57. The van der Waals surface area contributed by atoms with Gasteiger partial charge < -0.3 is 9.64 Å². The van der Waals surface area contributed by atoms with Gasteiger partial charge in [-0.05, 0) is 42.8 Å². The molecule has 1 unspecified atom stereocenters. The predicted molar refractivity (Wildman–Crippen MR) is 119 cm³/mol. The Bertz CT molecular complexity index is 837. The molecular weight excluding hydrogens is 358 g/mol. The van der Waals surface area contributed by atoms with Crippen molar-refractivity contribution in [3.05, 3.63) is 90.3 Å². The van der Waals surface area contributed by atoms with Crippen LogP contribution in [0.4, 0.5) is 5.69 Å². The first-order chi connectivity index (χ1) is 14.3. The zero-order valence-corrected chi connectivity index (χ0v) is 17.1. The van der Waals surface area contributed by atoms with E-state index in [0.717, 1.165) is 50.6 Å². The van der Waals surface area contributed by atoms with Crippen LogP contribution >= 0.6 is 0 Å². The smallest absolute Gasteiger partial charge is 0.142 e. The van der Waals surface area contributed by atoms with Gasteiger partial charge in [0.15, 0.2) is 0 Å². The maximum absolute atomic E-state index is 5.54.